The van der Waals surface area contributed by atoms with Crippen molar-refractivity contribution in [3.05, 3.63) is 29.8 Å². The molecular weight excluding hydrogens is 488 g/mol. The summed E-state index contributed by atoms with van der Waals surface area (Å²) in [4.78, 5) is 24.8. The maximum atomic E-state index is 12.8. The second kappa shape index (κ2) is 10.9. The predicted molar refractivity (Wildman–Crippen MR) is 139 cm³/mol. The molecule has 1 rings (SSSR count). The Balaban J connectivity index is 3.08. The molecule has 0 aliphatic heterocycles. The van der Waals surface area contributed by atoms with E-state index in [9.17, 15) is 18.0 Å². The SMILES string of the molecule is CC(C)(C)OC(=O)NS(=O)(=O)NC(Cc1ccc(O[Si](C)(C)C(C)(C)C)cc1)C(=O)OC(C)(C)C. The molecule has 0 bridgehead atoms. The second-order valence-electron chi connectivity index (χ2n) is 12.0. The van der Waals surface area contributed by atoms with Crippen molar-refractivity contribution in [1.29, 1.82) is 0 Å². The minimum absolute atomic E-state index is 0.00448. The van der Waals surface area contributed by atoms with Crippen molar-refractivity contribution >= 4 is 30.6 Å². The molecule has 9 nitrogen and oxygen atoms in total. The summed E-state index contributed by atoms with van der Waals surface area (Å²) >= 11 is 0. The highest BCUT2D eigenvalue weighted by Gasteiger charge is 2.39. The molecule has 1 atom stereocenters. The molecule has 0 radical (unpaired) electrons. The van der Waals surface area contributed by atoms with Gasteiger partial charge >= 0.3 is 22.3 Å². The smallest absolute Gasteiger partial charge is 0.422 e. The zero-order valence-corrected chi connectivity index (χ0v) is 24.7. The standard InChI is InChI=1S/C24H42N2O7SSi/c1-22(2,3)31-20(27)19(25-34(29,30)26-21(28)32-23(4,5)6)16-17-12-14-18(15-13-17)33-35(10,11)24(7,8)9/h12-15,19,25H,16H2,1-11H3,(H,26,28). The zero-order valence-electron chi connectivity index (χ0n) is 22.9. The largest absolute Gasteiger partial charge is 0.544 e. The lowest BCUT2D eigenvalue weighted by Gasteiger charge is -2.36. The fourth-order valence-electron chi connectivity index (χ4n) is 2.55. The van der Waals surface area contributed by atoms with Gasteiger partial charge in [0.2, 0.25) is 8.32 Å². The van der Waals surface area contributed by atoms with Crippen LogP contribution in [0, 0.1) is 0 Å². The third-order valence-corrected chi connectivity index (χ3v) is 10.5. The zero-order chi connectivity index (χ0) is 27.5. The topological polar surface area (TPSA) is 120 Å². The third-order valence-electron chi connectivity index (χ3n) is 5.15. The minimum Gasteiger partial charge on any atom is -0.544 e. The number of nitrogens with one attached hydrogen (secondary N) is 2. The van der Waals surface area contributed by atoms with Gasteiger partial charge in [-0.1, -0.05) is 32.9 Å². The van der Waals surface area contributed by atoms with Crippen LogP contribution in [0.25, 0.3) is 0 Å². The van der Waals surface area contributed by atoms with Crippen molar-refractivity contribution in [2.45, 2.75) is 104 Å². The van der Waals surface area contributed by atoms with E-state index in [2.05, 4.69) is 38.6 Å². The summed E-state index contributed by atoms with van der Waals surface area (Å²) in [6, 6.07) is 5.87. The summed E-state index contributed by atoms with van der Waals surface area (Å²) in [7, 11) is -6.44. The Bertz CT molecular complexity index is 987. The minimum atomic E-state index is -4.42. The highest BCUT2D eigenvalue weighted by atomic mass is 32.2. The monoisotopic (exact) mass is 530 g/mol. The van der Waals surface area contributed by atoms with Crippen LogP contribution < -0.4 is 13.9 Å². The van der Waals surface area contributed by atoms with E-state index in [4.69, 9.17) is 13.9 Å². The summed E-state index contributed by atoms with van der Waals surface area (Å²) in [5, 5.41) is 0.0346. The van der Waals surface area contributed by atoms with Crippen molar-refractivity contribution in [3.63, 3.8) is 0 Å². The molecule has 0 aliphatic rings. The van der Waals surface area contributed by atoms with E-state index in [1.807, 2.05) is 0 Å². The molecule has 0 spiro atoms. The first-order chi connectivity index (χ1) is 15.5. The first-order valence-electron chi connectivity index (χ1n) is 11.5. The van der Waals surface area contributed by atoms with Crippen LogP contribution in [-0.2, 0) is 30.9 Å². The van der Waals surface area contributed by atoms with Crippen LogP contribution in [0.1, 0.15) is 67.9 Å². The van der Waals surface area contributed by atoms with Gasteiger partial charge in [-0.25, -0.2) is 9.52 Å². The molecule has 11 heteroatoms. The van der Waals surface area contributed by atoms with Crippen molar-refractivity contribution in [2.24, 2.45) is 0 Å². The number of carbonyl (C=O) groups excluding carboxylic acids is 2. The molecule has 1 amide bonds. The van der Waals surface area contributed by atoms with E-state index >= 15 is 0 Å². The van der Waals surface area contributed by atoms with Gasteiger partial charge in [-0.15, -0.1) is 0 Å². The molecule has 0 saturated carbocycles. The molecule has 200 valence electrons. The van der Waals surface area contributed by atoms with Crippen LogP contribution in [0.15, 0.2) is 24.3 Å². The number of benzene rings is 1. The Morgan fingerprint density at radius 1 is 0.886 bits per heavy atom. The summed E-state index contributed by atoms with van der Waals surface area (Å²) < 4.78 is 45.8. The van der Waals surface area contributed by atoms with Gasteiger partial charge < -0.3 is 13.9 Å². The average Bonchev–Trinajstić information content (AvgIpc) is 2.57. The molecule has 0 aromatic heterocycles. The molecule has 0 aliphatic carbocycles. The summed E-state index contributed by atoms with van der Waals surface area (Å²) in [5.74, 6) is -0.0602. The molecule has 1 aromatic rings. The summed E-state index contributed by atoms with van der Waals surface area (Å²) in [5.41, 5.74) is -1.04. The normalized spacial score (nSPS) is 14.1. The van der Waals surface area contributed by atoms with E-state index in [0.29, 0.717) is 11.3 Å². The van der Waals surface area contributed by atoms with Gasteiger partial charge in [-0.05, 0) is 83.8 Å². The van der Waals surface area contributed by atoms with Crippen LogP contribution in [-0.4, -0.2) is 46.0 Å². The van der Waals surface area contributed by atoms with E-state index in [-0.39, 0.29) is 11.5 Å². The van der Waals surface area contributed by atoms with Gasteiger partial charge in [0, 0.05) is 0 Å². The number of hydrogen-bond acceptors (Lipinski definition) is 7. The highest BCUT2D eigenvalue weighted by molar-refractivity contribution is 7.88. The Labute approximate surface area is 211 Å². The van der Waals surface area contributed by atoms with Gasteiger partial charge in [0.1, 0.15) is 23.0 Å². The van der Waals surface area contributed by atoms with E-state index in [1.54, 1.807) is 70.5 Å². The molecule has 0 heterocycles. The van der Waals surface area contributed by atoms with Crippen LogP contribution in [0.5, 0.6) is 5.75 Å². The molecule has 1 unspecified atom stereocenters. The third kappa shape index (κ3) is 11.4. The van der Waals surface area contributed by atoms with Crippen LogP contribution >= 0.6 is 0 Å². The number of rotatable bonds is 8. The van der Waals surface area contributed by atoms with Gasteiger partial charge in [0.05, 0.1) is 0 Å². The molecule has 35 heavy (non-hydrogen) atoms. The highest BCUT2D eigenvalue weighted by Crippen LogP contribution is 2.37. The lowest BCUT2D eigenvalue weighted by atomic mass is 10.1. The van der Waals surface area contributed by atoms with Crippen LogP contribution in [0.2, 0.25) is 18.1 Å². The fraction of sp³-hybridized carbons (Fsp3) is 0.667. The quantitative estimate of drug-likeness (QED) is 0.370. The number of esters is 1. The van der Waals surface area contributed by atoms with Crippen molar-refractivity contribution in [2.75, 3.05) is 0 Å². The average molecular weight is 531 g/mol. The summed E-state index contributed by atoms with van der Waals surface area (Å²) in [6.45, 7) is 20.6. The Kier molecular flexibility index (Phi) is 9.61. The number of carbonyl (C=O) groups is 2. The Morgan fingerprint density at radius 2 is 1.37 bits per heavy atom. The first kappa shape index (κ1) is 30.9. The molecule has 0 fully saturated rings. The Morgan fingerprint density at radius 3 is 1.80 bits per heavy atom. The molecule has 1 aromatic carbocycles. The number of ether oxygens (including phenoxy) is 2. The summed E-state index contributed by atoms with van der Waals surface area (Å²) in [6.07, 6.45) is -1.15. The molecule has 2 N–H and O–H groups in total. The number of hydrogen-bond donors (Lipinski definition) is 2. The van der Waals surface area contributed by atoms with Crippen molar-refractivity contribution < 1.29 is 31.9 Å². The van der Waals surface area contributed by atoms with Gasteiger partial charge in [0.25, 0.3) is 0 Å². The lowest BCUT2D eigenvalue weighted by molar-refractivity contribution is -0.156. The van der Waals surface area contributed by atoms with E-state index < -0.39 is 47.8 Å². The number of amides is 1. The van der Waals surface area contributed by atoms with Crippen LogP contribution in [0.3, 0.4) is 0 Å². The fourth-order valence-corrected chi connectivity index (χ4v) is 4.45. The van der Waals surface area contributed by atoms with Crippen LogP contribution in [0.4, 0.5) is 4.79 Å². The van der Waals surface area contributed by atoms with Gasteiger partial charge in [0.15, 0.2) is 0 Å². The molecule has 0 saturated heterocycles. The maximum Gasteiger partial charge on any atom is 0.422 e. The van der Waals surface area contributed by atoms with E-state index in [0.717, 1.165) is 0 Å². The van der Waals surface area contributed by atoms with Gasteiger partial charge in [-0.3, -0.25) is 4.79 Å². The predicted octanol–water partition coefficient (Wildman–Crippen LogP) is 4.68. The first-order valence-corrected chi connectivity index (χ1v) is 15.9. The Hall–Kier alpha value is -2.11. The maximum absolute atomic E-state index is 12.8. The molecular formula is C24H42N2O7SSi. The second-order valence-corrected chi connectivity index (χ2v) is 18.2. The van der Waals surface area contributed by atoms with Crippen molar-refractivity contribution in [1.82, 2.24) is 9.44 Å². The van der Waals surface area contributed by atoms with Crippen molar-refractivity contribution in [3.8, 4) is 5.75 Å². The van der Waals surface area contributed by atoms with E-state index in [1.165, 1.54) is 0 Å². The lowest BCUT2D eigenvalue weighted by Crippen LogP contribution is -2.51. The van der Waals surface area contributed by atoms with Gasteiger partial charge in [-0.2, -0.15) is 13.1 Å².